The standard InChI is InChI=1S/C21H32O3S/c1-15(2)25(23,24)13-7-5-6-8-19(22)14-18-10-12-20-16(3)9-11-21(20)17(18)4/h10,12,15-16H,5-9,11,13-14H2,1-4H3. The van der Waals surface area contributed by atoms with E-state index in [2.05, 4.69) is 26.0 Å². The first-order chi connectivity index (χ1) is 11.7. The zero-order chi connectivity index (χ0) is 18.6. The van der Waals surface area contributed by atoms with E-state index in [1.807, 2.05) is 0 Å². The Morgan fingerprint density at radius 2 is 1.92 bits per heavy atom. The van der Waals surface area contributed by atoms with Gasteiger partial charge in [-0.2, -0.15) is 0 Å². The van der Waals surface area contributed by atoms with Crippen LogP contribution in [0.2, 0.25) is 0 Å². The summed E-state index contributed by atoms with van der Waals surface area (Å²) in [5, 5.41) is -0.306. The molecule has 0 saturated heterocycles. The van der Waals surface area contributed by atoms with Gasteiger partial charge in [-0.25, -0.2) is 8.42 Å². The molecule has 3 nitrogen and oxygen atoms in total. The molecule has 25 heavy (non-hydrogen) atoms. The topological polar surface area (TPSA) is 51.2 Å². The van der Waals surface area contributed by atoms with Gasteiger partial charge in [-0.15, -0.1) is 0 Å². The monoisotopic (exact) mass is 364 g/mol. The van der Waals surface area contributed by atoms with Gasteiger partial charge in [0, 0.05) is 12.8 Å². The minimum absolute atomic E-state index is 0.237. The average Bonchev–Trinajstić information content (AvgIpc) is 2.91. The molecular weight excluding hydrogens is 332 g/mol. The lowest BCUT2D eigenvalue weighted by atomic mass is 9.93. The van der Waals surface area contributed by atoms with Gasteiger partial charge >= 0.3 is 0 Å². The Bertz CT molecular complexity index is 717. The molecule has 0 heterocycles. The zero-order valence-corrected chi connectivity index (χ0v) is 16.9. The van der Waals surface area contributed by atoms with Gasteiger partial charge in [-0.3, -0.25) is 4.79 Å². The minimum Gasteiger partial charge on any atom is -0.299 e. The first-order valence-electron chi connectivity index (χ1n) is 9.57. The summed E-state index contributed by atoms with van der Waals surface area (Å²) in [5.74, 6) is 1.14. The predicted octanol–water partition coefficient (Wildman–Crippen LogP) is 4.54. The van der Waals surface area contributed by atoms with Crippen molar-refractivity contribution in [3.05, 3.63) is 34.4 Å². The molecule has 140 valence electrons. The molecule has 0 aliphatic heterocycles. The van der Waals surface area contributed by atoms with E-state index < -0.39 is 9.84 Å². The van der Waals surface area contributed by atoms with Crippen LogP contribution in [0.5, 0.6) is 0 Å². The molecule has 0 N–H and O–H groups in total. The van der Waals surface area contributed by atoms with Crippen LogP contribution in [0.4, 0.5) is 0 Å². The van der Waals surface area contributed by atoms with E-state index in [4.69, 9.17) is 0 Å². The van der Waals surface area contributed by atoms with Gasteiger partial charge in [0.25, 0.3) is 0 Å². The Balaban J connectivity index is 1.78. The van der Waals surface area contributed by atoms with E-state index in [1.54, 1.807) is 13.8 Å². The van der Waals surface area contributed by atoms with Gasteiger partial charge < -0.3 is 0 Å². The molecule has 1 atom stereocenters. The van der Waals surface area contributed by atoms with Crippen molar-refractivity contribution in [1.29, 1.82) is 0 Å². The van der Waals surface area contributed by atoms with Gasteiger partial charge in [0.1, 0.15) is 5.78 Å². The van der Waals surface area contributed by atoms with E-state index in [0.717, 1.165) is 19.3 Å². The molecule has 1 aromatic rings. The largest absolute Gasteiger partial charge is 0.299 e. The normalized spacial score (nSPS) is 17.1. The number of unbranched alkanes of at least 4 members (excludes halogenated alkanes) is 2. The predicted molar refractivity (Wildman–Crippen MR) is 104 cm³/mol. The summed E-state index contributed by atoms with van der Waals surface area (Å²) in [6.45, 7) is 7.86. The molecule has 0 saturated carbocycles. The third-order valence-electron chi connectivity index (χ3n) is 5.60. The van der Waals surface area contributed by atoms with Crippen LogP contribution >= 0.6 is 0 Å². The third kappa shape index (κ3) is 5.16. The summed E-state index contributed by atoms with van der Waals surface area (Å²) < 4.78 is 23.5. The molecular formula is C21H32O3S. The molecule has 0 bridgehead atoms. The quantitative estimate of drug-likeness (QED) is 0.605. The molecule has 1 aliphatic rings. The van der Waals surface area contributed by atoms with Crippen molar-refractivity contribution in [3.63, 3.8) is 0 Å². The molecule has 0 aromatic heterocycles. The van der Waals surface area contributed by atoms with E-state index in [0.29, 0.717) is 25.2 Å². The highest BCUT2D eigenvalue weighted by atomic mass is 32.2. The summed E-state index contributed by atoms with van der Waals surface area (Å²) >= 11 is 0. The van der Waals surface area contributed by atoms with E-state index in [-0.39, 0.29) is 16.8 Å². The molecule has 1 aliphatic carbocycles. The number of carbonyl (C=O) groups excluding carboxylic acids is 1. The first kappa shape index (κ1) is 20.2. The van der Waals surface area contributed by atoms with Gasteiger partial charge in [0.2, 0.25) is 0 Å². The van der Waals surface area contributed by atoms with Crippen molar-refractivity contribution in [3.8, 4) is 0 Å². The van der Waals surface area contributed by atoms with E-state index in [1.165, 1.54) is 28.7 Å². The van der Waals surface area contributed by atoms with Gasteiger partial charge in [-0.05, 0) is 74.6 Å². The molecule has 0 radical (unpaired) electrons. The van der Waals surface area contributed by atoms with Crippen molar-refractivity contribution in [2.24, 2.45) is 0 Å². The lowest BCUT2D eigenvalue weighted by molar-refractivity contribution is -0.118. The number of ketones is 1. The lowest BCUT2D eigenvalue weighted by Gasteiger charge is -2.12. The molecule has 0 fully saturated rings. The second-order valence-electron chi connectivity index (χ2n) is 7.80. The maximum Gasteiger partial charge on any atom is 0.152 e. The Labute approximate surface area is 153 Å². The van der Waals surface area contributed by atoms with Crippen LogP contribution < -0.4 is 0 Å². The van der Waals surface area contributed by atoms with E-state index >= 15 is 0 Å². The van der Waals surface area contributed by atoms with Crippen molar-refractivity contribution in [1.82, 2.24) is 0 Å². The second-order valence-corrected chi connectivity index (χ2v) is 10.5. The minimum atomic E-state index is -2.95. The van der Waals surface area contributed by atoms with Crippen molar-refractivity contribution in [2.45, 2.75) is 83.8 Å². The number of hydrogen-bond donors (Lipinski definition) is 0. The summed E-state index contributed by atoms with van der Waals surface area (Å²) in [6, 6.07) is 4.34. The molecule has 2 rings (SSSR count). The SMILES string of the molecule is Cc1c(CC(=O)CCCCCS(=O)(=O)C(C)C)ccc2c1CCC2C. The maximum absolute atomic E-state index is 12.3. The van der Waals surface area contributed by atoms with Gasteiger partial charge in [-0.1, -0.05) is 25.5 Å². The van der Waals surface area contributed by atoms with Crippen LogP contribution in [-0.4, -0.2) is 25.2 Å². The van der Waals surface area contributed by atoms with Crippen molar-refractivity contribution < 1.29 is 13.2 Å². The van der Waals surface area contributed by atoms with Crippen molar-refractivity contribution >= 4 is 15.6 Å². The fourth-order valence-electron chi connectivity index (χ4n) is 3.67. The number of fused-ring (bicyclic) bond motifs is 1. The molecule has 1 unspecified atom stereocenters. The van der Waals surface area contributed by atoms with Crippen LogP contribution in [0.1, 0.15) is 81.0 Å². The Morgan fingerprint density at radius 3 is 2.60 bits per heavy atom. The van der Waals surface area contributed by atoms with Gasteiger partial charge in [0.05, 0.1) is 11.0 Å². The summed E-state index contributed by atoms with van der Waals surface area (Å²) in [4.78, 5) is 12.3. The number of sulfone groups is 1. The lowest BCUT2D eigenvalue weighted by Crippen LogP contribution is -2.17. The molecule has 0 spiro atoms. The van der Waals surface area contributed by atoms with Crippen molar-refractivity contribution in [2.75, 3.05) is 5.75 Å². The highest BCUT2D eigenvalue weighted by Gasteiger charge is 2.21. The second kappa shape index (κ2) is 8.48. The summed E-state index contributed by atoms with van der Waals surface area (Å²) in [5.41, 5.74) is 5.38. The number of hydrogen-bond acceptors (Lipinski definition) is 3. The highest BCUT2D eigenvalue weighted by molar-refractivity contribution is 7.91. The van der Waals surface area contributed by atoms with E-state index in [9.17, 15) is 13.2 Å². The Kier molecular flexibility index (Phi) is 6.84. The zero-order valence-electron chi connectivity index (χ0n) is 16.1. The highest BCUT2D eigenvalue weighted by Crippen LogP contribution is 2.35. The number of carbonyl (C=O) groups is 1. The smallest absolute Gasteiger partial charge is 0.152 e. The Morgan fingerprint density at radius 1 is 1.20 bits per heavy atom. The van der Waals surface area contributed by atoms with Crippen LogP contribution in [0.25, 0.3) is 0 Å². The fourth-order valence-corrected chi connectivity index (χ4v) is 4.74. The number of benzene rings is 1. The van der Waals surface area contributed by atoms with Crippen LogP contribution in [-0.2, 0) is 27.5 Å². The molecule has 0 amide bonds. The van der Waals surface area contributed by atoms with Crippen LogP contribution in [0.3, 0.4) is 0 Å². The third-order valence-corrected chi connectivity index (χ3v) is 7.89. The first-order valence-corrected chi connectivity index (χ1v) is 11.3. The molecule has 4 heteroatoms. The molecule has 1 aromatic carbocycles. The fraction of sp³-hybridized carbons (Fsp3) is 0.667. The number of rotatable bonds is 9. The summed E-state index contributed by atoms with van der Waals surface area (Å²) in [7, 11) is -2.95. The van der Waals surface area contributed by atoms with Crippen LogP contribution in [0.15, 0.2) is 12.1 Å². The number of Topliss-reactive ketones (excluding diaryl/α,β-unsaturated/α-hetero) is 1. The van der Waals surface area contributed by atoms with Gasteiger partial charge in [0.15, 0.2) is 9.84 Å². The Hall–Kier alpha value is -1.16. The van der Waals surface area contributed by atoms with Crippen LogP contribution in [0, 0.1) is 6.92 Å². The average molecular weight is 365 g/mol. The summed E-state index contributed by atoms with van der Waals surface area (Å²) in [6.07, 6.45) is 5.66. The maximum atomic E-state index is 12.3.